The molecule has 0 aliphatic carbocycles. The standard InChI is InChI=1S/C14H12F9N5O2/c1-10(29,12(15,16)17)8-24-5-6-7-25-26-9(28(7)4-3-27(6)8)11(30-2,13(18,19)20)14(21,22)23/h5,29H,3-4H2,1-2H3/t10-/m1/s1. The summed E-state index contributed by atoms with van der Waals surface area (Å²) < 4.78 is 125. The Labute approximate surface area is 161 Å². The van der Waals surface area contributed by atoms with Gasteiger partial charge in [-0.25, -0.2) is 4.98 Å². The number of imidazole rings is 1. The molecule has 3 rings (SSSR count). The van der Waals surface area contributed by atoms with E-state index in [0.29, 0.717) is 11.5 Å². The van der Waals surface area contributed by atoms with Crippen LogP contribution >= 0.6 is 0 Å². The van der Waals surface area contributed by atoms with E-state index in [-0.39, 0.29) is 12.8 Å². The molecule has 1 aliphatic heterocycles. The van der Waals surface area contributed by atoms with E-state index in [9.17, 15) is 44.6 Å². The van der Waals surface area contributed by atoms with E-state index in [4.69, 9.17) is 0 Å². The second-order valence-electron chi connectivity index (χ2n) is 6.57. The SMILES string of the molecule is COC(c1nnc2n1CCn1c-2cnc1[C@@](C)(O)C(F)(F)F)(C(F)(F)F)C(F)(F)F. The van der Waals surface area contributed by atoms with Crippen LogP contribution in [0.3, 0.4) is 0 Å². The van der Waals surface area contributed by atoms with Gasteiger partial charge >= 0.3 is 24.1 Å². The fourth-order valence-corrected chi connectivity index (χ4v) is 3.20. The highest BCUT2D eigenvalue weighted by molar-refractivity contribution is 5.52. The molecule has 1 aliphatic rings. The number of fused-ring (bicyclic) bond motifs is 3. The number of halogens is 9. The van der Waals surface area contributed by atoms with Gasteiger partial charge in [0.15, 0.2) is 17.5 Å². The first-order valence-corrected chi connectivity index (χ1v) is 7.98. The van der Waals surface area contributed by atoms with Crippen LogP contribution < -0.4 is 0 Å². The molecular weight excluding hydrogens is 441 g/mol. The highest BCUT2D eigenvalue weighted by atomic mass is 19.4. The second kappa shape index (κ2) is 6.32. The molecular formula is C14H12F9N5O2. The van der Waals surface area contributed by atoms with Gasteiger partial charge in [-0.2, -0.15) is 39.5 Å². The molecule has 2 aromatic rings. The van der Waals surface area contributed by atoms with E-state index in [0.717, 1.165) is 10.8 Å². The van der Waals surface area contributed by atoms with E-state index in [1.54, 1.807) is 0 Å². The Kier molecular flexibility index (Phi) is 4.70. The molecule has 0 radical (unpaired) electrons. The topological polar surface area (TPSA) is 78.0 Å². The van der Waals surface area contributed by atoms with Crippen LogP contribution in [0.15, 0.2) is 6.20 Å². The van der Waals surface area contributed by atoms with Gasteiger partial charge in [-0.15, -0.1) is 10.2 Å². The molecule has 0 unspecified atom stereocenters. The highest BCUT2D eigenvalue weighted by Gasteiger charge is 2.76. The van der Waals surface area contributed by atoms with Crippen molar-refractivity contribution in [3.63, 3.8) is 0 Å². The van der Waals surface area contributed by atoms with Crippen molar-refractivity contribution in [2.75, 3.05) is 7.11 Å². The number of aromatic nitrogens is 5. The number of hydrogen-bond donors (Lipinski definition) is 1. The minimum Gasteiger partial charge on any atom is -0.374 e. The molecule has 1 atom stereocenters. The molecule has 7 nitrogen and oxygen atoms in total. The zero-order valence-electron chi connectivity index (χ0n) is 15.0. The van der Waals surface area contributed by atoms with Gasteiger partial charge in [0.1, 0.15) is 5.69 Å². The maximum atomic E-state index is 13.5. The lowest BCUT2D eigenvalue weighted by Gasteiger charge is -2.35. The van der Waals surface area contributed by atoms with Crippen molar-refractivity contribution < 1.29 is 49.4 Å². The lowest BCUT2D eigenvalue weighted by Crippen LogP contribution is -2.57. The van der Waals surface area contributed by atoms with Crippen molar-refractivity contribution in [3.8, 4) is 11.5 Å². The monoisotopic (exact) mass is 453 g/mol. The summed E-state index contributed by atoms with van der Waals surface area (Å²) in [5, 5.41) is 16.2. The minimum atomic E-state index is -5.98. The van der Waals surface area contributed by atoms with Gasteiger partial charge in [0, 0.05) is 20.2 Å². The Balaban J connectivity index is 2.21. The molecule has 3 heterocycles. The first-order valence-electron chi connectivity index (χ1n) is 7.98. The molecule has 0 fully saturated rings. The summed E-state index contributed by atoms with van der Waals surface area (Å²) in [6.45, 7) is -0.791. The van der Waals surface area contributed by atoms with Crippen molar-refractivity contribution in [1.82, 2.24) is 24.3 Å². The Morgan fingerprint density at radius 2 is 1.40 bits per heavy atom. The molecule has 0 spiro atoms. The summed E-state index contributed by atoms with van der Waals surface area (Å²) in [4.78, 5) is 3.46. The number of aliphatic hydroxyl groups is 1. The van der Waals surface area contributed by atoms with Crippen molar-refractivity contribution in [3.05, 3.63) is 17.8 Å². The van der Waals surface area contributed by atoms with Crippen LogP contribution in [0.25, 0.3) is 11.5 Å². The Morgan fingerprint density at radius 1 is 0.867 bits per heavy atom. The van der Waals surface area contributed by atoms with E-state index >= 15 is 0 Å². The van der Waals surface area contributed by atoms with Gasteiger partial charge in [-0.1, -0.05) is 0 Å². The van der Waals surface area contributed by atoms with Crippen molar-refractivity contribution in [2.24, 2.45) is 0 Å². The predicted octanol–water partition coefficient (Wildman–Crippen LogP) is 2.89. The summed E-state index contributed by atoms with van der Waals surface area (Å²) in [6.07, 6.45) is -16.4. The quantitative estimate of drug-likeness (QED) is 0.724. The normalized spacial score (nSPS) is 17.5. The Morgan fingerprint density at radius 3 is 1.87 bits per heavy atom. The number of alkyl halides is 9. The summed E-state index contributed by atoms with van der Waals surface area (Å²) in [5.74, 6) is -3.12. The van der Waals surface area contributed by atoms with Gasteiger partial charge in [0.25, 0.3) is 0 Å². The fourth-order valence-electron chi connectivity index (χ4n) is 3.20. The van der Waals surface area contributed by atoms with Crippen molar-refractivity contribution in [1.29, 1.82) is 0 Å². The first-order chi connectivity index (χ1) is 13.5. The lowest BCUT2D eigenvalue weighted by molar-refractivity contribution is -0.386. The number of rotatable bonds is 3. The van der Waals surface area contributed by atoms with Crippen molar-refractivity contribution >= 4 is 0 Å². The molecule has 1 N–H and O–H groups in total. The summed E-state index contributed by atoms with van der Waals surface area (Å²) >= 11 is 0. The van der Waals surface area contributed by atoms with Crippen LogP contribution in [-0.4, -0.2) is 55.1 Å². The molecule has 0 saturated carbocycles. The van der Waals surface area contributed by atoms with Crippen LogP contribution in [0.2, 0.25) is 0 Å². The van der Waals surface area contributed by atoms with Crippen LogP contribution in [0.4, 0.5) is 39.5 Å². The second-order valence-corrected chi connectivity index (χ2v) is 6.57. The third-order valence-corrected chi connectivity index (χ3v) is 4.79. The molecule has 16 heteroatoms. The number of ether oxygens (including phenoxy) is 1. The third-order valence-electron chi connectivity index (χ3n) is 4.79. The smallest absolute Gasteiger partial charge is 0.374 e. The van der Waals surface area contributed by atoms with Gasteiger partial charge in [-0.05, 0) is 6.92 Å². The van der Waals surface area contributed by atoms with Gasteiger partial charge < -0.3 is 19.0 Å². The van der Waals surface area contributed by atoms with E-state index in [1.165, 1.54) is 0 Å². The maximum absolute atomic E-state index is 13.5. The van der Waals surface area contributed by atoms with Crippen LogP contribution in [0.1, 0.15) is 18.6 Å². The van der Waals surface area contributed by atoms with Crippen LogP contribution in [-0.2, 0) is 29.0 Å². The zero-order chi connectivity index (χ0) is 22.9. The number of hydrogen-bond acceptors (Lipinski definition) is 5. The van der Waals surface area contributed by atoms with Gasteiger partial charge in [-0.3, -0.25) is 0 Å². The van der Waals surface area contributed by atoms with Gasteiger partial charge in [0.2, 0.25) is 5.60 Å². The molecule has 30 heavy (non-hydrogen) atoms. The molecule has 0 saturated heterocycles. The molecule has 0 aromatic carbocycles. The molecule has 0 bridgehead atoms. The molecule has 0 amide bonds. The number of nitrogens with zero attached hydrogens (tertiary/aromatic N) is 5. The molecule has 2 aromatic heterocycles. The van der Waals surface area contributed by atoms with E-state index < -0.39 is 60.3 Å². The van der Waals surface area contributed by atoms with Crippen LogP contribution in [0.5, 0.6) is 0 Å². The highest BCUT2D eigenvalue weighted by Crippen LogP contribution is 2.52. The number of methoxy groups -OCH3 is 1. The van der Waals surface area contributed by atoms with Gasteiger partial charge in [0.05, 0.1) is 6.20 Å². The zero-order valence-corrected chi connectivity index (χ0v) is 15.0. The van der Waals surface area contributed by atoms with Crippen LogP contribution in [0, 0.1) is 0 Å². The fraction of sp³-hybridized carbons (Fsp3) is 0.643. The Bertz CT molecular complexity index is 941. The van der Waals surface area contributed by atoms with E-state index in [2.05, 4.69) is 19.9 Å². The van der Waals surface area contributed by atoms with Crippen molar-refractivity contribution in [2.45, 2.75) is 49.7 Å². The maximum Gasteiger partial charge on any atom is 0.434 e. The summed E-state index contributed by atoms with van der Waals surface area (Å²) in [5.41, 5.74) is -8.59. The summed E-state index contributed by atoms with van der Waals surface area (Å²) in [6, 6.07) is 0. The average Bonchev–Trinajstić information content (AvgIpc) is 3.16. The lowest BCUT2D eigenvalue weighted by atomic mass is 10.0. The average molecular weight is 453 g/mol. The summed E-state index contributed by atoms with van der Waals surface area (Å²) in [7, 11) is 0.203. The first kappa shape index (κ1) is 22.3. The Hall–Kier alpha value is -2.36. The van der Waals surface area contributed by atoms with E-state index in [1.807, 2.05) is 0 Å². The predicted molar refractivity (Wildman–Crippen MR) is 77.7 cm³/mol. The molecule has 168 valence electrons. The third kappa shape index (κ3) is 2.79. The minimum absolute atomic E-state index is 0.203. The largest absolute Gasteiger partial charge is 0.434 e.